The van der Waals surface area contributed by atoms with Crippen LogP contribution in [0.15, 0.2) is 12.1 Å². The van der Waals surface area contributed by atoms with Crippen LogP contribution in [0.3, 0.4) is 0 Å². The highest BCUT2D eigenvalue weighted by molar-refractivity contribution is 5.67. The van der Waals surface area contributed by atoms with Gasteiger partial charge in [-0.2, -0.15) is 0 Å². The summed E-state index contributed by atoms with van der Waals surface area (Å²) in [5.41, 5.74) is 2.43. The van der Waals surface area contributed by atoms with Crippen molar-refractivity contribution in [2.24, 2.45) is 0 Å². The van der Waals surface area contributed by atoms with Gasteiger partial charge in [0.05, 0.1) is 5.69 Å². The molecule has 1 aromatic heterocycles. The van der Waals surface area contributed by atoms with Gasteiger partial charge in [-0.05, 0) is 43.5 Å². The second-order valence-electron chi connectivity index (χ2n) is 4.46. The number of rotatable bonds is 2. The standard InChI is InChI=1S/C14H15F2N3/c1-7-5-6-10(12(16)11(7)15)13-8(2)9(3)14(17-4)19-18-13/h5-6H,1-4H3,(H,17,19). The normalized spacial score (nSPS) is 10.6. The minimum Gasteiger partial charge on any atom is -0.371 e. The summed E-state index contributed by atoms with van der Waals surface area (Å²) in [4.78, 5) is 0. The molecule has 0 spiro atoms. The van der Waals surface area contributed by atoms with E-state index in [-0.39, 0.29) is 11.1 Å². The minimum absolute atomic E-state index is 0.138. The summed E-state index contributed by atoms with van der Waals surface area (Å²) in [7, 11) is 1.74. The smallest absolute Gasteiger partial charge is 0.168 e. The summed E-state index contributed by atoms with van der Waals surface area (Å²) in [6, 6.07) is 3.07. The lowest BCUT2D eigenvalue weighted by Gasteiger charge is -2.12. The number of anilines is 1. The number of nitrogens with zero attached hydrogens (tertiary/aromatic N) is 2. The predicted molar refractivity (Wildman–Crippen MR) is 71.1 cm³/mol. The molecule has 0 atom stereocenters. The fourth-order valence-electron chi connectivity index (χ4n) is 1.93. The highest BCUT2D eigenvalue weighted by atomic mass is 19.2. The first-order valence-electron chi connectivity index (χ1n) is 5.94. The molecule has 0 unspecified atom stereocenters. The van der Waals surface area contributed by atoms with Gasteiger partial charge < -0.3 is 5.32 Å². The zero-order valence-electron chi connectivity index (χ0n) is 11.3. The van der Waals surface area contributed by atoms with Crippen LogP contribution in [0, 0.1) is 32.4 Å². The molecule has 0 aliphatic rings. The Morgan fingerprint density at radius 1 is 0.947 bits per heavy atom. The van der Waals surface area contributed by atoms with Gasteiger partial charge in [0.2, 0.25) is 0 Å². The van der Waals surface area contributed by atoms with Crippen LogP contribution < -0.4 is 5.32 Å². The molecular formula is C14H15F2N3. The van der Waals surface area contributed by atoms with E-state index in [0.717, 1.165) is 11.1 Å². The van der Waals surface area contributed by atoms with Crippen molar-refractivity contribution in [3.63, 3.8) is 0 Å². The average molecular weight is 263 g/mol. The van der Waals surface area contributed by atoms with E-state index in [2.05, 4.69) is 15.5 Å². The molecule has 1 N–H and O–H groups in total. The Morgan fingerprint density at radius 3 is 2.26 bits per heavy atom. The molecule has 19 heavy (non-hydrogen) atoms. The fourth-order valence-corrected chi connectivity index (χ4v) is 1.93. The summed E-state index contributed by atoms with van der Waals surface area (Å²) in [6.07, 6.45) is 0. The quantitative estimate of drug-likeness (QED) is 0.902. The van der Waals surface area contributed by atoms with Crippen molar-refractivity contribution in [3.8, 4) is 11.3 Å². The summed E-state index contributed by atoms with van der Waals surface area (Å²) in [5, 5.41) is 10.9. The van der Waals surface area contributed by atoms with Crippen molar-refractivity contribution in [3.05, 3.63) is 40.5 Å². The first-order valence-corrected chi connectivity index (χ1v) is 5.94. The Kier molecular flexibility index (Phi) is 3.46. The second-order valence-corrected chi connectivity index (χ2v) is 4.46. The molecule has 2 rings (SSSR count). The number of aromatic nitrogens is 2. The molecule has 0 radical (unpaired) electrons. The maximum atomic E-state index is 14.0. The van der Waals surface area contributed by atoms with Crippen LogP contribution in [0.25, 0.3) is 11.3 Å². The van der Waals surface area contributed by atoms with E-state index in [1.165, 1.54) is 19.1 Å². The maximum Gasteiger partial charge on any atom is 0.168 e. The molecule has 0 aliphatic heterocycles. The number of halogens is 2. The van der Waals surface area contributed by atoms with Crippen molar-refractivity contribution in [1.82, 2.24) is 10.2 Å². The third kappa shape index (κ3) is 2.16. The van der Waals surface area contributed by atoms with Crippen LogP contribution >= 0.6 is 0 Å². The molecule has 5 heteroatoms. The van der Waals surface area contributed by atoms with E-state index in [1.54, 1.807) is 7.05 Å². The Hall–Kier alpha value is -2.04. The first-order chi connectivity index (χ1) is 8.97. The van der Waals surface area contributed by atoms with E-state index >= 15 is 0 Å². The van der Waals surface area contributed by atoms with Crippen molar-refractivity contribution in [2.75, 3.05) is 12.4 Å². The van der Waals surface area contributed by atoms with Crippen LogP contribution in [0.4, 0.5) is 14.6 Å². The lowest BCUT2D eigenvalue weighted by molar-refractivity contribution is 0.505. The van der Waals surface area contributed by atoms with Gasteiger partial charge in [-0.25, -0.2) is 8.78 Å². The minimum atomic E-state index is -0.881. The van der Waals surface area contributed by atoms with Gasteiger partial charge in [-0.1, -0.05) is 6.07 Å². The fraction of sp³-hybridized carbons (Fsp3) is 0.286. The zero-order chi connectivity index (χ0) is 14.2. The second kappa shape index (κ2) is 4.91. The van der Waals surface area contributed by atoms with Crippen LogP contribution in [0.2, 0.25) is 0 Å². The van der Waals surface area contributed by atoms with Gasteiger partial charge >= 0.3 is 0 Å². The third-order valence-corrected chi connectivity index (χ3v) is 3.29. The summed E-state index contributed by atoms with van der Waals surface area (Å²) in [5.74, 6) is -1.09. The summed E-state index contributed by atoms with van der Waals surface area (Å²) >= 11 is 0. The Morgan fingerprint density at radius 2 is 1.63 bits per heavy atom. The van der Waals surface area contributed by atoms with Crippen LogP contribution in [-0.4, -0.2) is 17.2 Å². The Labute approximate surface area is 110 Å². The largest absolute Gasteiger partial charge is 0.371 e. The number of hydrogen-bond donors (Lipinski definition) is 1. The lowest BCUT2D eigenvalue weighted by Crippen LogP contribution is -2.04. The van der Waals surface area contributed by atoms with Crippen LogP contribution in [0.1, 0.15) is 16.7 Å². The van der Waals surface area contributed by atoms with Gasteiger partial charge in [-0.3, -0.25) is 0 Å². The number of hydrogen-bond acceptors (Lipinski definition) is 3. The molecule has 2 aromatic rings. The predicted octanol–water partition coefficient (Wildman–Crippen LogP) is 3.39. The molecular weight excluding hydrogens is 248 g/mol. The van der Waals surface area contributed by atoms with Crippen molar-refractivity contribution < 1.29 is 8.78 Å². The van der Waals surface area contributed by atoms with Gasteiger partial charge in [-0.15, -0.1) is 10.2 Å². The molecule has 0 amide bonds. The summed E-state index contributed by atoms with van der Waals surface area (Å²) in [6.45, 7) is 5.20. The number of aryl methyl sites for hydroxylation is 1. The van der Waals surface area contributed by atoms with E-state index in [4.69, 9.17) is 0 Å². The van der Waals surface area contributed by atoms with Gasteiger partial charge in [0, 0.05) is 12.6 Å². The first kappa shape index (κ1) is 13.4. The third-order valence-electron chi connectivity index (χ3n) is 3.29. The molecule has 3 nitrogen and oxygen atoms in total. The highest BCUT2D eigenvalue weighted by Crippen LogP contribution is 2.29. The summed E-state index contributed by atoms with van der Waals surface area (Å²) < 4.78 is 27.6. The van der Waals surface area contributed by atoms with Gasteiger partial charge in [0.1, 0.15) is 0 Å². The lowest BCUT2D eigenvalue weighted by atomic mass is 10.0. The monoisotopic (exact) mass is 263 g/mol. The van der Waals surface area contributed by atoms with Crippen molar-refractivity contribution >= 4 is 5.82 Å². The number of benzene rings is 1. The van der Waals surface area contributed by atoms with Crippen LogP contribution in [0.5, 0.6) is 0 Å². The van der Waals surface area contributed by atoms with Crippen molar-refractivity contribution in [2.45, 2.75) is 20.8 Å². The van der Waals surface area contributed by atoms with Gasteiger partial charge in [0.15, 0.2) is 17.5 Å². The molecule has 0 fully saturated rings. The van der Waals surface area contributed by atoms with E-state index < -0.39 is 11.6 Å². The van der Waals surface area contributed by atoms with E-state index in [0.29, 0.717) is 11.5 Å². The highest BCUT2D eigenvalue weighted by Gasteiger charge is 2.17. The maximum absolute atomic E-state index is 14.0. The van der Waals surface area contributed by atoms with Crippen LogP contribution in [-0.2, 0) is 0 Å². The Balaban J connectivity index is 2.67. The molecule has 0 saturated heterocycles. The molecule has 0 saturated carbocycles. The molecule has 0 aliphatic carbocycles. The SMILES string of the molecule is CNc1nnc(-c2ccc(C)c(F)c2F)c(C)c1C. The van der Waals surface area contributed by atoms with Gasteiger partial charge in [0.25, 0.3) is 0 Å². The van der Waals surface area contributed by atoms with Crippen molar-refractivity contribution in [1.29, 1.82) is 0 Å². The molecule has 100 valence electrons. The number of nitrogens with one attached hydrogen (secondary N) is 1. The zero-order valence-corrected chi connectivity index (χ0v) is 11.3. The molecule has 1 heterocycles. The van der Waals surface area contributed by atoms with E-state index in [1.807, 2.05) is 13.8 Å². The van der Waals surface area contributed by atoms with E-state index in [9.17, 15) is 8.78 Å². The average Bonchev–Trinajstić information content (AvgIpc) is 2.40. The molecule has 0 bridgehead atoms. The topological polar surface area (TPSA) is 37.8 Å². The Bertz CT molecular complexity index is 639. The molecule has 1 aromatic carbocycles.